The number of nitriles is 1. The maximum atomic E-state index is 13.8. The maximum Gasteiger partial charge on any atom is 0.200 e. The topological polar surface area (TPSA) is 54.0 Å². The lowest BCUT2D eigenvalue weighted by atomic mass is 10.2. The molecule has 0 unspecified atom stereocenters. The van der Waals surface area contributed by atoms with E-state index in [9.17, 15) is 8.78 Å². The summed E-state index contributed by atoms with van der Waals surface area (Å²) in [6.07, 6.45) is 1.71. The third-order valence-electron chi connectivity index (χ3n) is 2.60. The lowest BCUT2D eigenvalue weighted by molar-refractivity contribution is 0.539. The number of rotatable bonds is 2. The Morgan fingerprint density at radius 3 is 2.60 bits per heavy atom. The summed E-state index contributed by atoms with van der Waals surface area (Å²) in [6.45, 7) is 0. The first-order valence-corrected chi connectivity index (χ1v) is 6.37. The molecule has 0 aliphatic carbocycles. The molecule has 3 aromatic rings. The summed E-state index contributed by atoms with van der Waals surface area (Å²) >= 11 is 0.826. The van der Waals surface area contributed by atoms with E-state index in [4.69, 9.17) is 5.26 Å². The highest BCUT2D eigenvalue weighted by molar-refractivity contribution is 7.99. The second kappa shape index (κ2) is 4.90. The van der Waals surface area contributed by atoms with Crippen LogP contribution in [0.5, 0.6) is 0 Å². The number of fused-ring (bicyclic) bond motifs is 1. The Labute approximate surface area is 116 Å². The number of hydrogen-bond acceptors (Lipinski definition) is 4. The molecule has 3 rings (SSSR count). The van der Waals surface area contributed by atoms with Crippen LogP contribution >= 0.6 is 11.8 Å². The molecule has 98 valence electrons. The summed E-state index contributed by atoms with van der Waals surface area (Å²) in [5, 5.41) is 16.8. The summed E-state index contributed by atoms with van der Waals surface area (Å²) in [6, 6.07) is 8.99. The fraction of sp³-hybridized carbons (Fsp3) is 0. The smallest absolute Gasteiger partial charge is 0.200 e. The molecule has 0 bridgehead atoms. The molecule has 0 N–H and O–H groups in total. The minimum Gasteiger partial charge on any atom is -0.277 e. The van der Waals surface area contributed by atoms with Gasteiger partial charge in [0.25, 0.3) is 0 Å². The van der Waals surface area contributed by atoms with Crippen molar-refractivity contribution in [2.75, 3.05) is 0 Å². The summed E-state index contributed by atoms with van der Waals surface area (Å²) < 4.78 is 29.3. The molecular weight excluding hydrogens is 282 g/mol. The zero-order chi connectivity index (χ0) is 14.1. The monoisotopic (exact) mass is 288 g/mol. The first-order chi connectivity index (χ1) is 9.69. The van der Waals surface area contributed by atoms with Gasteiger partial charge in [0, 0.05) is 6.20 Å². The molecule has 2 aromatic heterocycles. The second-order valence-electron chi connectivity index (χ2n) is 3.89. The predicted octanol–water partition coefficient (Wildman–Crippen LogP) is 3.03. The fourth-order valence-electron chi connectivity index (χ4n) is 1.70. The van der Waals surface area contributed by atoms with E-state index in [1.165, 1.54) is 0 Å². The SMILES string of the molecule is N#Cc1cc(F)c(Sc2nnc3ccccn23)c(F)c1. The Kier molecular flexibility index (Phi) is 3.08. The zero-order valence-corrected chi connectivity index (χ0v) is 10.7. The Balaban J connectivity index is 2.06. The molecule has 0 spiro atoms. The van der Waals surface area contributed by atoms with Crippen molar-refractivity contribution in [2.24, 2.45) is 0 Å². The Bertz CT molecular complexity index is 815. The number of aromatic nitrogens is 3. The molecular formula is C13H6F2N4S. The zero-order valence-electron chi connectivity index (χ0n) is 9.92. The van der Waals surface area contributed by atoms with Crippen molar-refractivity contribution in [3.8, 4) is 6.07 Å². The van der Waals surface area contributed by atoms with Crippen LogP contribution in [0.2, 0.25) is 0 Å². The average Bonchev–Trinajstić information content (AvgIpc) is 2.86. The van der Waals surface area contributed by atoms with E-state index in [2.05, 4.69) is 10.2 Å². The van der Waals surface area contributed by atoms with Crippen LogP contribution < -0.4 is 0 Å². The number of nitrogens with zero attached hydrogens (tertiary/aromatic N) is 4. The Morgan fingerprint density at radius 1 is 1.15 bits per heavy atom. The molecule has 7 heteroatoms. The van der Waals surface area contributed by atoms with E-state index in [-0.39, 0.29) is 10.5 Å². The largest absolute Gasteiger partial charge is 0.277 e. The van der Waals surface area contributed by atoms with E-state index < -0.39 is 11.6 Å². The molecule has 0 fully saturated rings. The van der Waals surface area contributed by atoms with Crippen molar-refractivity contribution < 1.29 is 8.78 Å². The fourth-order valence-corrected chi connectivity index (χ4v) is 2.53. The molecule has 0 saturated heterocycles. The first-order valence-electron chi connectivity index (χ1n) is 5.56. The van der Waals surface area contributed by atoms with Gasteiger partial charge in [0.05, 0.1) is 16.5 Å². The highest BCUT2D eigenvalue weighted by Crippen LogP contribution is 2.31. The second-order valence-corrected chi connectivity index (χ2v) is 4.87. The van der Waals surface area contributed by atoms with Gasteiger partial charge in [-0.15, -0.1) is 10.2 Å². The van der Waals surface area contributed by atoms with Gasteiger partial charge >= 0.3 is 0 Å². The van der Waals surface area contributed by atoms with Gasteiger partial charge in [-0.2, -0.15) is 5.26 Å². The van der Waals surface area contributed by atoms with Gasteiger partial charge in [0.2, 0.25) is 5.16 Å². The number of halogens is 2. The van der Waals surface area contributed by atoms with E-state index in [1.54, 1.807) is 34.9 Å². The lowest BCUT2D eigenvalue weighted by Gasteiger charge is -2.03. The third kappa shape index (κ3) is 2.10. The van der Waals surface area contributed by atoms with Gasteiger partial charge < -0.3 is 0 Å². The van der Waals surface area contributed by atoms with Crippen LogP contribution in [-0.2, 0) is 0 Å². The highest BCUT2D eigenvalue weighted by atomic mass is 32.2. The van der Waals surface area contributed by atoms with Crippen LogP contribution in [0, 0.1) is 23.0 Å². The summed E-state index contributed by atoms with van der Waals surface area (Å²) in [5.74, 6) is -1.58. The van der Waals surface area contributed by atoms with Crippen molar-refractivity contribution >= 4 is 17.4 Å². The molecule has 0 aliphatic rings. The van der Waals surface area contributed by atoms with Crippen LogP contribution in [0.25, 0.3) is 5.65 Å². The summed E-state index contributed by atoms with van der Waals surface area (Å²) in [4.78, 5) is -0.206. The summed E-state index contributed by atoms with van der Waals surface area (Å²) in [5.41, 5.74) is 0.528. The molecule has 2 heterocycles. The Morgan fingerprint density at radius 2 is 1.90 bits per heavy atom. The molecule has 0 aliphatic heterocycles. The van der Waals surface area contributed by atoms with E-state index in [0.29, 0.717) is 10.8 Å². The van der Waals surface area contributed by atoms with Gasteiger partial charge in [-0.25, -0.2) is 8.78 Å². The normalized spacial score (nSPS) is 10.7. The van der Waals surface area contributed by atoms with Crippen molar-refractivity contribution in [1.29, 1.82) is 5.26 Å². The molecule has 20 heavy (non-hydrogen) atoms. The summed E-state index contributed by atoms with van der Waals surface area (Å²) in [7, 11) is 0. The number of pyridine rings is 1. The minimum atomic E-state index is -0.792. The average molecular weight is 288 g/mol. The minimum absolute atomic E-state index is 0.0598. The number of hydrogen-bond donors (Lipinski definition) is 0. The molecule has 0 saturated carbocycles. The quantitative estimate of drug-likeness (QED) is 0.727. The number of benzene rings is 1. The van der Waals surface area contributed by atoms with Crippen molar-refractivity contribution in [3.05, 3.63) is 53.7 Å². The highest BCUT2D eigenvalue weighted by Gasteiger charge is 2.16. The van der Waals surface area contributed by atoms with Crippen molar-refractivity contribution in [3.63, 3.8) is 0 Å². The van der Waals surface area contributed by atoms with Crippen LogP contribution in [0.1, 0.15) is 5.56 Å². The van der Waals surface area contributed by atoms with Gasteiger partial charge in [0.15, 0.2) is 5.65 Å². The van der Waals surface area contributed by atoms with Crippen molar-refractivity contribution in [2.45, 2.75) is 10.1 Å². The maximum absolute atomic E-state index is 13.8. The van der Waals surface area contributed by atoms with E-state index >= 15 is 0 Å². The van der Waals surface area contributed by atoms with Crippen molar-refractivity contribution in [1.82, 2.24) is 14.6 Å². The van der Waals surface area contributed by atoms with Gasteiger partial charge in [-0.1, -0.05) is 6.07 Å². The lowest BCUT2D eigenvalue weighted by Crippen LogP contribution is -1.92. The van der Waals surface area contributed by atoms with E-state index in [1.807, 2.05) is 0 Å². The standard InChI is InChI=1S/C13H6F2N4S/c14-9-5-8(7-16)6-10(15)12(9)20-13-18-17-11-3-1-2-4-19(11)13/h1-6H. The van der Waals surface area contributed by atoms with Gasteiger partial charge in [-0.3, -0.25) is 4.40 Å². The molecule has 1 aromatic carbocycles. The molecule has 0 amide bonds. The molecule has 4 nitrogen and oxygen atoms in total. The van der Waals surface area contributed by atoms with E-state index in [0.717, 1.165) is 23.9 Å². The third-order valence-corrected chi connectivity index (χ3v) is 3.66. The Hall–Kier alpha value is -2.46. The predicted molar refractivity (Wildman–Crippen MR) is 68.2 cm³/mol. The van der Waals surface area contributed by atoms with Crippen LogP contribution in [-0.4, -0.2) is 14.6 Å². The molecule has 0 atom stereocenters. The van der Waals surface area contributed by atoms with Crippen LogP contribution in [0.15, 0.2) is 46.6 Å². The van der Waals surface area contributed by atoms with Gasteiger partial charge in [0.1, 0.15) is 11.6 Å². The molecule has 0 radical (unpaired) electrons. The van der Waals surface area contributed by atoms with Gasteiger partial charge in [-0.05, 0) is 36.0 Å². The first kappa shape index (κ1) is 12.6. The van der Waals surface area contributed by atoms with Crippen LogP contribution in [0.4, 0.5) is 8.78 Å². The van der Waals surface area contributed by atoms with Crippen LogP contribution in [0.3, 0.4) is 0 Å².